The number of hydrogen-bond donors (Lipinski definition) is 2. The van der Waals surface area contributed by atoms with Crippen LogP contribution in [0.2, 0.25) is 0 Å². The highest BCUT2D eigenvalue weighted by Crippen LogP contribution is 2.14. The Balaban J connectivity index is 1.89. The standard InChI is InChI=1S/C17H15N3O4/c21-16(14-8-2-1-3-9-14)17(22)19-18-11-5-7-13-6-4-10-15(12-13)20(23)24/h1-12,16,21H,(H,19,22)/b7-5+,18-11?. The van der Waals surface area contributed by atoms with E-state index in [9.17, 15) is 20.0 Å². The molecule has 0 fully saturated rings. The van der Waals surface area contributed by atoms with Gasteiger partial charge in [-0.25, -0.2) is 5.43 Å². The highest BCUT2D eigenvalue weighted by molar-refractivity contribution is 5.84. The molecule has 122 valence electrons. The quantitative estimate of drug-likeness (QED) is 0.483. The zero-order valence-electron chi connectivity index (χ0n) is 12.6. The average molecular weight is 325 g/mol. The van der Waals surface area contributed by atoms with Crippen molar-refractivity contribution < 1.29 is 14.8 Å². The summed E-state index contributed by atoms with van der Waals surface area (Å²) in [4.78, 5) is 21.9. The molecule has 0 aliphatic heterocycles. The number of nitrogens with zero attached hydrogens (tertiary/aromatic N) is 2. The summed E-state index contributed by atoms with van der Waals surface area (Å²) in [6.07, 6.45) is 3.14. The fourth-order valence-electron chi connectivity index (χ4n) is 1.89. The maximum Gasteiger partial charge on any atom is 0.273 e. The highest BCUT2D eigenvalue weighted by atomic mass is 16.6. The van der Waals surface area contributed by atoms with Crippen molar-refractivity contribution in [3.05, 3.63) is 81.9 Å². The monoisotopic (exact) mass is 325 g/mol. The van der Waals surface area contributed by atoms with Gasteiger partial charge in [-0.05, 0) is 17.2 Å². The van der Waals surface area contributed by atoms with E-state index in [4.69, 9.17) is 0 Å². The van der Waals surface area contributed by atoms with E-state index in [0.29, 0.717) is 11.1 Å². The zero-order valence-corrected chi connectivity index (χ0v) is 12.6. The van der Waals surface area contributed by atoms with Gasteiger partial charge in [0.1, 0.15) is 0 Å². The molecule has 2 aromatic carbocycles. The lowest BCUT2D eigenvalue weighted by Gasteiger charge is -2.08. The molecule has 0 spiro atoms. The summed E-state index contributed by atoms with van der Waals surface area (Å²) in [5, 5.41) is 24.2. The van der Waals surface area contributed by atoms with Crippen LogP contribution in [-0.4, -0.2) is 22.2 Å². The number of benzene rings is 2. The van der Waals surface area contributed by atoms with E-state index in [0.717, 1.165) is 0 Å². The fourth-order valence-corrected chi connectivity index (χ4v) is 1.89. The Morgan fingerprint density at radius 3 is 2.67 bits per heavy atom. The summed E-state index contributed by atoms with van der Waals surface area (Å²) in [6.45, 7) is 0. The van der Waals surface area contributed by atoms with Gasteiger partial charge in [-0.3, -0.25) is 14.9 Å². The number of nitro groups is 1. The Labute approximate surface area is 138 Å². The fraction of sp³-hybridized carbons (Fsp3) is 0.0588. The molecule has 0 saturated heterocycles. The number of aliphatic hydroxyl groups is 1. The van der Waals surface area contributed by atoms with E-state index in [-0.39, 0.29) is 5.69 Å². The molecule has 2 aromatic rings. The lowest BCUT2D eigenvalue weighted by molar-refractivity contribution is -0.384. The minimum atomic E-state index is -1.30. The Kier molecular flexibility index (Phi) is 5.93. The third-order valence-electron chi connectivity index (χ3n) is 3.07. The number of allylic oxidation sites excluding steroid dienone is 1. The van der Waals surface area contributed by atoms with Crippen LogP contribution in [0, 0.1) is 10.1 Å². The number of carbonyl (C=O) groups excluding carboxylic acids is 1. The molecule has 0 saturated carbocycles. The first-order chi connectivity index (χ1) is 11.6. The molecule has 1 atom stereocenters. The smallest absolute Gasteiger partial charge is 0.273 e. The van der Waals surface area contributed by atoms with Gasteiger partial charge in [0, 0.05) is 18.3 Å². The summed E-state index contributed by atoms with van der Waals surface area (Å²) in [5.41, 5.74) is 3.31. The first-order valence-electron chi connectivity index (χ1n) is 7.05. The number of aliphatic hydroxyl groups excluding tert-OH is 1. The molecule has 0 heterocycles. The van der Waals surface area contributed by atoms with Gasteiger partial charge < -0.3 is 5.11 Å². The minimum Gasteiger partial charge on any atom is -0.378 e. The van der Waals surface area contributed by atoms with Crippen LogP contribution in [0.3, 0.4) is 0 Å². The van der Waals surface area contributed by atoms with Crippen molar-refractivity contribution in [2.75, 3.05) is 0 Å². The normalized spacial score (nSPS) is 12.4. The summed E-state index contributed by atoms with van der Waals surface area (Å²) in [5.74, 6) is -0.652. The molecule has 0 bridgehead atoms. The number of carbonyl (C=O) groups is 1. The molecule has 0 radical (unpaired) electrons. The zero-order chi connectivity index (χ0) is 17.4. The van der Waals surface area contributed by atoms with Crippen molar-refractivity contribution in [3.63, 3.8) is 0 Å². The van der Waals surface area contributed by atoms with Crippen LogP contribution in [0.5, 0.6) is 0 Å². The predicted octanol–water partition coefficient (Wildman–Crippen LogP) is 2.44. The second kappa shape index (κ2) is 8.35. The van der Waals surface area contributed by atoms with E-state index >= 15 is 0 Å². The molecule has 1 amide bonds. The highest BCUT2D eigenvalue weighted by Gasteiger charge is 2.15. The molecule has 2 N–H and O–H groups in total. The van der Waals surface area contributed by atoms with Crippen molar-refractivity contribution in [1.82, 2.24) is 5.43 Å². The Bertz CT molecular complexity index is 772. The van der Waals surface area contributed by atoms with Crippen molar-refractivity contribution in [2.24, 2.45) is 5.10 Å². The number of nitro benzene ring substituents is 1. The van der Waals surface area contributed by atoms with Crippen LogP contribution in [0.25, 0.3) is 6.08 Å². The van der Waals surface area contributed by atoms with Gasteiger partial charge in [-0.1, -0.05) is 48.5 Å². The third kappa shape index (κ3) is 4.85. The van der Waals surface area contributed by atoms with Crippen LogP contribution < -0.4 is 5.43 Å². The van der Waals surface area contributed by atoms with Crippen molar-refractivity contribution in [2.45, 2.75) is 6.10 Å². The topological polar surface area (TPSA) is 105 Å². The number of nitrogens with one attached hydrogen (secondary N) is 1. The number of amides is 1. The number of hydrazone groups is 1. The minimum absolute atomic E-state index is 0.00613. The number of rotatable bonds is 6. The van der Waals surface area contributed by atoms with E-state index in [1.54, 1.807) is 48.5 Å². The average Bonchev–Trinajstić information content (AvgIpc) is 2.61. The molecule has 24 heavy (non-hydrogen) atoms. The van der Waals surface area contributed by atoms with E-state index in [1.807, 2.05) is 0 Å². The Morgan fingerprint density at radius 2 is 1.96 bits per heavy atom. The third-order valence-corrected chi connectivity index (χ3v) is 3.07. The first-order valence-corrected chi connectivity index (χ1v) is 7.05. The predicted molar refractivity (Wildman–Crippen MR) is 90.2 cm³/mol. The molecule has 7 nitrogen and oxygen atoms in total. The van der Waals surface area contributed by atoms with Gasteiger partial charge in [-0.2, -0.15) is 5.10 Å². The van der Waals surface area contributed by atoms with Gasteiger partial charge in [0.05, 0.1) is 4.92 Å². The molecule has 1 unspecified atom stereocenters. The van der Waals surface area contributed by atoms with Gasteiger partial charge in [-0.15, -0.1) is 0 Å². The summed E-state index contributed by atoms with van der Waals surface area (Å²) < 4.78 is 0. The van der Waals surface area contributed by atoms with Crippen molar-refractivity contribution >= 4 is 23.9 Å². The maximum absolute atomic E-state index is 11.7. The second-order valence-electron chi connectivity index (χ2n) is 4.78. The maximum atomic E-state index is 11.7. The van der Waals surface area contributed by atoms with Gasteiger partial charge in [0.25, 0.3) is 11.6 Å². The van der Waals surface area contributed by atoms with Crippen LogP contribution >= 0.6 is 0 Å². The molecule has 0 aliphatic rings. The molecule has 0 aliphatic carbocycles. The second-order valence-corrected chi connectivity index (χ2v) is 4.78. The SMILES string of the molecule is O=C(NN=C/C=C/c1cccc([N+](=O)[O-])c1)C(O)c1ccccc1. The van der Waals surface area contributed by atoms with Gasteiger partial charge >= 0.3 is 0 Å². The van der Waals surface area contributed by atoms with Crippen LogP contribution in [-0.2, 0) is 4.79 Å². The summed E-state index contributed by atoms with van der Waals surface area (Å²) in [6, 6.07) is 14.6. The van der Waals surface area contributed by atoms with E-state index in [2.05, 4.69) is 10.5 Å². The van der Waals surface area contributed by atoms with Crippen molar-refractivity contribution in [1.29, 1.82) is 0 Å². The van der Waals surface area contributed by atoms with Gasteiger partial charge in [0.15, 0.2) is 6.10 Å². The molecule has 7 heteroatoms. The van der Waals surface area contributed by atoms with Crippen LogP contribution in [0.15, 0.2) is 65.8 Å². The first kappa shape index (κ1) is 17.0. The summed E-state index contributed by atoms with van der Waals surface area (Å²) in [7, 11) is 0. The molecular weight excluding hydrogens is 310 g/mol. The Hall–Kier alpha value is -3.32. The molecule has 2 rings (SSSR count). The van der Waals surface area contributed by atoms with E-state index < -0.39 is 16.9 Å². The summed E-state index contributed by atoms with van der Waals surface area (Å²) >= 11 is 0. The Morgan fingerprint density at radius 1 is 1.21 bits per heavy atom. The lowest BCUT2D eigenvalue weighted by atomic mass is 10.1. The van der Waals surface area contributed by atoms with E-state index in [1.165, 1.54) is 24.4 Å². The largest absolute Gasteiger partial charge is 0.378 e. The van der Waals surface area contributed by atoms with Crippen molar-refractivity contribution in [3.8, 4) is 0 Å². The molecular formula is C17H15N3O4. The lowest BCUT2D eigenvalue weighted by Crippen LogP contribution is -2.24. The number of hydrogen-bond acceptors (Lipinski definition) is 5. The van der Waals surface area contributed by atoms with Gasteiger partial charge in [0.2, 0.25) is 0 Å². The molecule has 0 aromatic heterocycles. The number of non-ortho nitro benzene ring substituents is 1. The van der Waals surface area contributed by atoms with Crippen LogP contribution in [0.4, 0.5) is 5.69 Å². The van der Waals surface area contributed by atoms with Crippen LogP contribution in [0.1, 0.15) is 17.2 Å².